The lowest BCUT2D eigenvalue weighted by Gasteiger charge is -2.30. The number of halogens is 1. The lowest BCUT2D eigenvalue weighted by atomic mass is 9.91. The van der Waals surface area contributed by atoms with E-state index in [0.29, 0.717) is 6.61 Å². The van der Waals surface area contributed by atoms with Crippen LogP contribution in [0.2, 0.25) is 5.02 Å². The Bertz CT molecular complexity index is 557. The maximum atomic E-state index is 6.21. The fourth-order valence-electron chi connectivity index (χ4n) is 2.15. The summed E-state index contributed by atoms with van der Waals surface area (Å²) >= 11 is 5.99. The molecule has 0 aliphatic carbocycles. The topological polar surface area (TPSA) is 25.4 Å². The molecule has 0 bridgehead atoms. The smallest absolute Gasteiger partial charge is 0.132 e. The summed E-state index contributed by atoms with van der Waals surface area (Å²) in [6.45, 7) is 3.53. The minimum atomic E-state index is -0.581. The van der Waals surface area contributed by atoms with Crippen molar-refractivity contribution in [3.8, 4) is 0 Å². The van der Waals surface area contributed by atoms with Gasteiger partial charge in [0.1, 0.15) is 5.60 Å². The number of ether oxygens (including phenoxy) is 1. The highest BCUT2D eigenvalue weighted by Crippen LogP contribution is 2.32. The Morgan fingerprint density at radius 1 is 1.14 bits per heavy atom. The molecule has 1 aromatic carbocycles. The third-order valence-electron chi connectivity index (χ3n) is 3.48. The van der Waals surface area contributed by atoms with Crippen molar-refractivity contribution >= 4 is 11.6 Å². The molecule has 1 atom stereocenters. The fraction of sp³-hybridized carbons (Fsp3) is 0.353. The summed E-state index contributed by atoms with van der Waals surface area (Å²) in [7, 11) is 4.06. The zero-order valence-electron chi connectivity index (χ0n) is 12.7. The van der Waals surface area contributed by atoms with E-state index in [4.69, 9.17) is 16.3 Å². The molecule has 0 fully saturated rings. The van der Waals surface area contributed by atoms with Gasteiger partial charge in [-0.15, -0.1) is 0 Å². The van der Waals surface area contributed by atoms with Gasteiger partial charge in [-0.05, 0) is 50.8 Å². The van der Waals surface area contributed by atoms with Crippen LogP contribution in [0.15, 0.2) is 48.7 Å². The summed E-state index contributed by atoms with van der Waals surface area (Å²) in [6.07, 6.45) is 1.79. The fourth-order valence-corrected chi connectivity index (χ4v) is 2.28. The van der Waals surface area contributed by atoms with Gasteiger partial charge in [-0.2, -0.15) is 0 Å². The number of rotatable bonds is 6. The van der Waals surface area contributed by atoms with Gasteiger partial charge < -0.3 is 9.64 Å². The van der Waals surface area contributed by atoms with E-state index in [1.165, 1.54) is 0 Å². The van der Waals surface area contributed by atoms with Crippen molar-refractivity contribution in [3.63, 3.8) is 0 Å². The number of hydrogen-bond acceptors (Lipinski definition) is 3. The van der Waals surface area contributed by atoms with Crippen LogP contribution in [0.3, 0.4) is 0 Å². The number of hydrogen-bond donors (Lipinski definition) is 0. The average Bonchev–Trinajstić information content (AvgIpc) is 2.48. The molecule has 0 radical (unpaired) electrons. The number of benzene rings is 1. The molecule has 0 spiro atoms. The molecule has 3 nitrogen and oxygen atoms in total. The summed E-state index contributed by atoms with van der Waals surface area (Å²) < 4.78 is 6.21. The molecule has 0 aliphatic rings. The average molecular weight is 305 g/mol. The van der Waals surface area contributed by atoms with Gasteiger partial charge in [0.25, 0.3) is 0 Å². The first-order valence-electron chi connectivity index (χ1n) is 6.98. The first-order chi connectivity index (χ1) is 10.0. The van der Waals surface area contributed by atoms with Crippen molar-refractivity contribution in [2.24, 2.45) is 0 Å². The quantitative estimate of drug-likeness (QED) is 0.815. The molecule has 21 heavy (non-hydrogen) atoms. The van der Waals surface area contributed by atoms with Crippen LogP contribution in [0.1, 0.15) is 18.2 Å². The van der Waals surface area contributed by atoms with Crippen LogP contribution in [0, 0.1) is 0 Å². The van der Waals surface area contributed by atoms with Crippen molar-refractivity contribution in [1.29, 1.82) is 0 Å². The van der Waals surface area contributed by atoms with Gasteiger partial charge in [0.05, 0.1) is 12.3 Å². The van der Waals surface area contributed by atoms with Crippen LogP contribution in [0.4, 0.5) is 0 Å². The van der Waals surface area contributed by atoms with Crippen LogP contribution in [-0.4, -0.2) is 37.1 Å². The molecule has 0 amide bonds. The maximum absolute atomic E-state index is 6.21. The van der Waals surface area contributed by atoms with E-state index < -0.39 is 5.60 Å². The van der Waals surface area contributed by atoms with Crippen molar-refractivity contribution in [1.82, 2.24) is 9.88 Å². The van der Waals surface area contributed by atoms with Gasteiger partial charge in [-0.1, -0.05) is 29.8 Å². The monoisotopic (exact) mass is 304 g/mol. The molecule has 4 heteroatoms. The summed E-state index contributed by atoms with van der Waals surface area (Å²) in [4.78, 5) is 6.57. The number of aromatic nitrogens is 1. The molecule has 1 heterocycles. The van der Waals surface area contributed by atoms with Crippen LogP contribution in [0.25, 0.3) is 0 Å². The Labute approximate surface area is 131 Å². The van der Waals surface area contributed by atoms with E-state index >= 15 is 0 Å². The number of likely N-dealkylation sites (N-methyl/N-ethyl adjacent to an activating group) is 1. The predicted octanol–water partition coefficient (Wildman–Crippen LogP) is 3.58. The minimum Gasteiger partial charge on any atom is -0.363 e. The lowest BCUT2D eigenvalue weighted by Crippen LogP contribution is -2.32. The normalized spacial score (nSPS) is 14.1. The molecular weight excluding hydrogens is 284 g/mol. The molecule has 0 saturated carbocycles. The molecule has 0 aliphatic heterocycles. The molecule has 0 saturated heterocycles. The first-order valence-corrected chi connectivity index (χ1v) is 7.36. The standard InChI is InChI=1S/C17H21ClN2O/c1-17(21-13-12-20(2)3,16-6-4-5-11-19-16)14-7-9-15(18)10-8-14/h4-11H,12-13H2,1-3H3. The second-order valence-corrected chi connectivity index (χ2v) is 5.84. The van der Waals surface area contributed by atoms with E-state index in [-0.39, 0.29) is 0 Å². The van der Waals surface area contributed by atoms with E-state index in [1.54, 1.807) is 6.20 Å². The summed E-state index contributed by atoms with van der Waals surface area (Å²) in [5, 5.41) is 0.718. The van der Waals surface area contributed by atoms with Crippen molar-refractivity contribution < 1.29 is 4.74 Å². The predicted molar refractivity (Wildman–Crippen MR) is 86.6 cm³/mol. The Balaban J connectivity index is 2.31. The van der Waals surface area contributed by atoms with Crippen molar-refractivity contribution in [3.05, 3.63) is 64.9 Å². The molecule has 0 N–H and O–H groups in total. The Kier molecular flexibility index (Phi) is 5.34. The van der Waals surface area contributed by atoms with Gasteiger partial charge in [-0.25, -0.2) is 0 Å². The van der Waals surface area contributed by atoms with Gasteiger partial charge in [0, 0.05) is 17.8 Å². The van der Waals surface area contributed by atoms with Gasteiger partial charge in [0.15, 0.2) is 0 Å². The van der Waals surface area contributed by atoms with Crippen molar-refractivity contribution in [2.45, 2.75) is 12.5 Å². The molecule has 2 rings (SSSR count). The molecule has 1 unspecified atom stereocenters. The van der Waals surface area contributed by atoms with Gasteiger partial charge in [0.2, 0.25) is 0 Å². The first kappa shape index (κ1) is 16.0. The van der Waals surface area contributed by atoms with Crippen LogP contribution in [-0.2, 0) is 10.3 Å². The minimum absolute atomic E-state index is 0.581. The largest absolute Gasteiger partial charge is 0.363 e. The third kappa shape index (κ3) is 4.03. The highest BCUT2D eigenvalue weighted by Gasteiger charge is 2.31. The zero-order chi connectivity index (χ0) is 15.3. The van der Waals surface area contributed by atoms with E-state index in [1.807, 2.05) is 63.5 Å². The lowest BCUT2D eigenvalue weighted by molar-refractivity contribution is -0.0131. The third-order valence-corrected chi connectivity index (χ3v) is 3.73. The summed E-state index contributed by atoms with van der Waals surface area (Å²) in [5.74, 6) is 0. The summed E-state index contributed by atoms with van der Waals surface area (Å²) in [6, 6.07) is 13.6. The Hall–Kier alpha value is -1.42. The van der Waals surface area contributed by atoms with Crippen LogP contribution < -0.4 is 0 Å². The highest BCUT2D eigenvalue weighted by atomic mass is 35.5. The Morgan fingerprint density at radius 2 is 1.86 bits per heavy atom. The summed E-state index contributed by atoms with van der Waals surface area (Å²) in [5.41, 5.74) is 1.36. The zero-order valence-corrected chi connectivity index (χ0v) is 13.5. The Morgan fingerprint density at radius 3 is 2.43 bits per heavy atom. The van der Waals surface area contributed by atoms with E-state index in [9.17, 15) is 0 Å². The molecule has 1 aromatic heterocycles. The van der Waals surface area contributed by atoms with E-state index in [2.05, 4.69) is 9.88 Å². The van der Waals surface area contributed by atoms with Gasteiger partial charge in [-0.3, -0.25) is 4.98 Å². The molecular formula is C17H21ClN2O. The van der Waals surface area contributed by atoms with Crippen molar-refractivity contribution in [2.75, 3.05) is 27.2 Å². The van der Waals surface area contributed by atoms with Gasteiger partial charge >= 0.3 is 0 Å². The second-order valence-electron chi connectivity index (χ2n) is 5.41. The van der Waals surface area contributed by atoms with Crippen LogP contribution in [0.5, 0.6) is 0 Å². The molecule has 2 aromatic rings. The maximum Gasteiger partial charge on any atom is 0.132 e. The molecule has 112 valence electrons. The number of pyridine rings is 1. The van der Waals surface area contributed by atoms with E-state index in [0.717, 1.165) is 22.8 Å². The van der Waals surface area contributed by atoms with Crippen LogP contribution >= 0.6 is 11.6 Å². The highest BCUT2D eigenvalue weighted by molar-refractivity contribution is 6.30. The second kappa shape index (κ2) is 7.03. The number of nitrogens with zero attached hydrogens (tertiary/aromatic N) is 2. The SMILES string of the molecule is CN(C)CCOC(C)(c1ccc(Cl)cc1)c1ccccn1.